The zero-order chi connectivity index (χ0) is 18.6. The van der Waals surface area contributed by atoms with Crippen molar-refractivity contribution in [2.45, 2.75) is 55.1 Å². The van der Waals surface area contributed by atoms with E-state index < -0.39 is 74.3 Å². The maximum atomic E-state index is 10.7. The van der Waals surface area contributed by atoms with Crippen LogP contribution in [0.5, 0.6) is 0 Å². The van der Waals surface area contributed by atoms with Gasteiger partial charge in [0.15, 0.2) is 12.4 Å². The molecule has 0 spiro atoms. The number of aliphatic hydroxyl groups is 8. The summed E-state index contributed by atoms with van der Waals surface area (Å²) in [5.41, 5.74) is 0. The van der Waals surface area contributed by atoms with E-state index in [2.05, 4.69) is 0 Å². The van der Waals surface area contributed by atoms with Crippen LogP contribution < -0.4 is 51.4 Å². The third kappa shape index (κ3) is 6.37. The zero-order valence-corrected chi connectivity index (χ0v) is 16.5. The third-order valence-corrected chi connectivity index (χ3v) is 3.62. The molecule has 13 heteroatoms. The number of ether oxygens (including phenoxy) is 2. The first kappa shape index (κ1) is 25.7. The molecule has 25 heavy (non-hydrogen) atoms. The van der Waals surface area contributed by atoms with Crippen molar-refractivity contribution in [1.29, 1.82) is 0 Å². The second kappa shape index (κ2) is 11.5. The van der Waals surface area contributed by atoms with Crippen LogP contribution in [0.25, 0.3) is 0 Å². The van der Waals surface area contributed by atoms with Crippen LogP contribution in [0.2, 0.25) is 0 Å². The number of carboxylic acid groups (broad SMARTS) is 1. The summed E-state index contributed by atoms with van der Waals surface area (Å²) in [5.74, 6) is -1.84. The van der Waals surface area contributed by atoms with Gasteiger partial charge in [-0.2, -0.15) is 0 Å². The van der Waals surface area contributed by atoms with Crippen LogP contribution in [0.3, 0.4) is 0 Å². The standard InChI is InChI=1S/C12H22O12.K.H/c13-1-3(15)10(7(18)8(19)11(21)22)24-12-9(20)6(17)5(16)4(2-14)23-12;;/h3-10,12-20H,1-2H2,(H,21,22);;/q;+1;-1/t3-,4-,5+,6+,7-,8-,9-,10-,12+;;/m1../s1. The van der Waals surface area contributed by atoms with E-state index in [0.717, 1.165) is 0 Å². The predicted molar refractivity (Wildman–Crippen MR) is 72.5 cm³/mol. The van der Waals surface area contributed by atoms with Gasteiger partial charge in [0.25, 0.3) is 0 Å². The predicted octanol–water partition coefficient (Wildman–Crippen LogP) is -8.55. The molecule has 1 heterocycles. The average Bonchev–Trinajstić information content (AvgIpc) is 2.57. The molecule has 0 aliphatic carbocycles. The van der Waals surface area contributed by atoms with Gasteiger partial charge in [-0.1, -0.05) is 0 Å². The maximum Gasteiger partial charge on any atom is 1.00 e. The number of carbonyl (C=O) groups is 1. The number of hydrogen-bond donors (Lipinski definition) is 9. The fourth-order valence-electron chi connectivity index (χ4n) is 2.16. The van der Waals surface area contributed by atoms with Crippen molar-refractivity contribution in [2.24, 2.45) is 0 Å². The fourth-order valence-corrected chi connectivity index (χ4v) is 2.16. The second-order valence-corrected chi connectivity index (χ2v) is 5.32. The first-order chi connectivity index (χ1) is 11.1. The molecule has 0 aromatic carbocycles. The van der Waals surface area contributed by atoms with Crippen molar-refractivity contribution in [3.05, 3.63) is 0 Å². The van der Waals surface area contributed by atoms with Gasteiger partial charge in [-0.25, -0.2) is 4.79 Å². The van der Waals surface area contributed by atoms with E-state index in [1.807, 2.05) is 0 Å². The minimum atomic E-state index is -2.39. The maximum absolute atomic E-state index is 10.7. The van der Waals surface area contributed by atoms with E-state index in [4.69, 9.17) is 24.8 Å². The number of aliphatic hydroxyl groups excluding tert-OH is 8. The Hall–Kier alpha value is 0.706. The molecule has 0 aromatic heterocycles. The fraction of sp³-hybridized carbons (Fsp3) is 0.917. The summed E-state index contributed by atoms with van der Waals surface area (Å²) in [4.78, 5) is 10.7. The smallest absolute Gasteiger partial charge is 1.00 e. The molecule has 1 fully saturated rings. The number of aliphatic carboxylic acids is 1. The van der Waals surface area contributed by atoms with Crippen LogP contribution in [0.1, 0.15) is 1.43 Å². The van der Waals surface area contributed by atoms with Crippen LogP contribution in [-0.2, 0) is 14.3 Å². The van der Waals surface area contributed by atoms with E-state index in [1.165, 1.54) is 0 Å². The molecule has 9 N–H and O–H groups in total. The Kier molecular flexibility index (Phi) is 11.9. The van der Waals surface area contributed by atoms with Crippen LogP contribution in [-0.4, -0.2) is 120 Å². The third-order valence-electron chi connectivity index (χ3n) is 3.62. The van der Waals surface area contributed by atoms with Crippen LogP contribution in [0.15, 0.2) is 0 Å². The molecule has 1 rings (SSSR count). The molecule has 0 saturated carbocycles. The Morgan fingerprint density at radius 1 is 1.08 bits per heavy atom. The summed E-state index contributed by atoms with van der Waals surface area (Å²) in [6.07, 6.45) is -16.9. The van der Waals surface area contributed by atoms with Crippen molar-refractivity contribution in [3.8, 4) is 0 Å². The largest absolute Gasteiger partial charge is 1.00 e. The van der Waals surface area contributed by atoms with E-state index in [0.29, 0.717) is 0 Å². The first-order valence-electron chi connectivity index (χ1n) is 6.99. The Morgan fingerprint density at radius 2 is 1.64 bits per heavy atom. The van der Waals surface area contributed by atoms with Gasteiger partial charge in [0.2, 0.25) is 0 Å². The number of carboxylic acids is 1. The number of rotatable bonds is 8. The van der Waals surface area contributed by atoms with Gasteiger partial charge in [0.1, 0.15) is 42.7 Å². The van der Waals surface area contributed by atoms with Crippen molar-refractivity contribution in [2.75, 3.05) is 13.2 Å². The van der Waals surface area contributed by atoms with Crippen molar-refractivity contribution < 1.29 is 113 Å². The molecule has 1 aliphatic heterocycles. The molecule has 0 unspecified atom stereocenters. The molecule has 0 aromatic rings. The second-order valence-electron chi connectivity index (χ2n) is 5.32. The summed E-state index contributed by atoms with van der Waals surface area (Å²) >= 11 is 0. The number of hydrogen-bond acceptors (Lipinski definition) is 11. The Balaban J connectivity index is 0. The van der Waals surface area contributed by atoms with E-state index in [9.17, 15) is 35.4 Å². The Morgan fingerprint density at radius 3 is 2.08 bits per heavy atom. The van der Waals surface area contributed by atoms with Crippen LogP contribution in [0, 0.1) is 0 Å². The molecule has 9 atom stereocenters. The van der Waals surface area contributed by atoms with Gasteiger partial charge in [-0.3, -0.25) is 0 Å². The van der Waals surface area contributed by atoms with Gasteiger partial charge >= 0.3 is 57.4 Å². The van der Waals surface area contributed by atoms with Gasteiger partial charge in [0, 0.05) is 0 Å². The topological polar surface area (TPSA) is 218 Å². The molecule has 12 nitrogen and oxygen atoms in total. The van der Waals surface area contributed by atoms with Crippen LogP contribution >= 0.6 is 0 Å². The quantitative estimate of drug-likeness (QED) is 0.174. The first-order valence-corrected chi connectivity index (χ1v) is 6.99. The van der Waals surface area contributed by atoms with Crippen molar-refractivity contribution in [1.82, 2.24) is 0 Å². The summed E-state index contributed by atoms with van der Waals surface area (Å²) in [6.45, 7) is -1.76. The molecule has 1 saturated heterocycles. The molecule has 144 valence electrons. The monoisotopic (exact) mass is 398 g/mol. The van der Waals surface area contributed by atoms with E-state index in [-0.39, 0.29) is 52.8 Å². The van der Waals surface area contributed by atoms with Gasteiger partial charge in [0.05, 0.1) is 13.2 Å². The summed E-state index contributed by atoms with van der Waals surface area (Å²) in [5, 5.41) is 84.5. The summed E-state index contributed by atoms with van der Waals surface area (Å²) in [7, 11) is 0. The minimum absolute atomic E-state index is 0. The SMILES string of the molecule is O=C(O)[C@H](O)[C@@H](O)[C@H](O[C@@H]1O[C@H](CO)[C@H](O)[C@H](O)[C@H]1O)[C@H](O)CO.[H-].[K+]. The molecule has 0 amide bonds. The molecule has 0 bridgehead atoms. The van der Waals surface area contributed by atoms with E-state index >= 15 is 0 Å². The Labute approximate surface area is 186 Å². The molecule has 1 aliphatic rings. The molecular weight excluding hydrogens is 375 g/mol. The normalized spacial score (nSPS) is 34.5. The summed E-state index contributed by atoms with van der Waals surface area (Å²) < 4.78 is 9.98. The van der Waals surface area contributed by atoms with E-state index in [1.54, 1.807) is 0 Å². The summed E-state index contributed by atoms with van der Waals surface area (Å²) in [6, 6.07) is 0. The average molecular weight is 398 g/mol. The van der Waals surface area contributed by atoms with Gasteiger partial charge in [-0.15, -0.1) is 0 Å². The van der Waals surface area contributed by atoms with Crippen molar-refractivity contribution in [3.63, 3.8) is 0 Å². The van der Waals surface area contributed by atoms with Gasteiger partial charge in [-0.05, 0) is 0 Å². The van der Waals surface area contributed by atoms with Crippen molar-refractivity contribution >= 4 is 5.97 Å². The van der Waals surface area contributed by atoms with Gasteiger partial charge < -0.3 is 56.9 Å². The minimum Gasteiger partial charge on any atom is -1.00 e. The molecular formula is C12H23KO12. The zero-order valence-electron chi connectivity index (χ0n) is 14.4. The Bertz CT molecular complexity index is 416. The molecule has 0 radical (unpaired) electrons. The van der Waals surface area contributed by atoms with Crippen LogP contribution in [0.4, 0.5) is 0 Å².